The van der Waals surface area contributed by atoms with Gasteiger partial charge in [0.1, 0.15) is 0 Å². The minimum atomic E-state index is -2.32. The molecule has 0 bridgehead atoms. The van der Waals surface area contributed by atoms with Crippen LogP contribution in [0, 0.1) is 0 Å². The number of hydrogen-bond donors (Lipinski definition) is 1. The summed E-state index contributed by atoms with van der Waals surface area (Å²) >= 11 is 1.25. The molecular formula is C8H19O2PS. The SMILES string of the molecule is CCCCCC(CC)S[PH](=O)O. The van der Waals surface area contributed by atoms with E-state index in [1.807, 2.05) is 0 Å². The maximum atomic E-state index is 10.5. The molecule has 0 radical (unpaired) electrons. The van der Waals surface area contributed by atoms with Gasteiger partial charge in [-0.2, -0.15) is 0 Å². The van der Waals surface area contributed by atoms with E-state index in [9.17, 15) is 4.57 Å². The third-order valence-electron chi connectivity index (χ3n) is 1.85. The molecular weight excluding hydrogens is 191 g/mol. The van der Waals surface area contributed by atoms with Crippen molar-refractivity contribution < 1.29 is 9.46 Å². The average molecular weight is 210 g/mol. The lowest BCUT2D eigenvalue weighted by molar-refractivity contribution is 0.519. The molecule has 0 aliphatic carbocycles. The van der Waals surface area contributed by atoms with E-state index in [1.54, 1.807) is 0 Å². The highest BCUT2D eigenvalue weighted by Crippen LogP contribution is 2.40. The van der Waals surface area contributed by atoms with E-state index >= 15 is 0 Å². The first kappa shape index (κ1) is 12.5. The normalized spacial score (nSPS) is 15.9. The zero-order chi connectivity index (χ0) is 9.40. The van der Waals surface area contributed by atoms with Crippen molar-refractivity contribution >= 4 is 18.6 Å². The molecule has 2 atom stereocenters. The molecule has 0 aliphatic heterocycles. The monoisotopic (exact) mass is 210 g/mol. The summed E-state index contributed by atoms with van der Waals surface area (Å²) in [5.74, 6) is 0. The molecule has 0 spiro atoms. The first-order valence-electron chi connectivity index (χ1n) is 4.60. The largest absolute Gasteiger partial charge is 0.339 e. The Morgan fingerprint density at radius 2 is 2.08 bits per heavy atom. The van der Waals surface area contributed by atoms with Crippen molar-refractivity contribution in [3.05, 3.63) is 0 Å². The Balaban J connectivity index is 3.46. The summed E-state index contributed by atoms with van der Waals surface area (Å²) in [7, 11) is -2.32. The molecule has 2 unspecified atom stereocenters. The van der Waals surface area contributed by atoms with Crippen LogP contribution in [0.15, 0.2) is 0 Å². The highest BCUT2D eigenvalue weighted by atomic mass is 32.7. The molecule has 0 aliphatic rings. The molecule has 0 aromatic rings. The molecule has 0 amide bonds. The highest BCUT2D eigenvalue weighted by molar-refractivity contribution is 8.50. The number of rotatable bonds is 7. The third kappa shape index (κ3) is 7.20. The minimum absolute atomic E-state index is 0.396. The lowest BCUT2D eigenvalue weighted by Crippen LogP contribution is -1.98. The Morgan fingerprint density at radius 3 is 2.50 bits per heavy atom. The van der Waals surface area contributed by atoms with E-state index in [4.69, 9.17) is 4.89 Å². The van der Waals surface area contributed by atoms with Gasteiger partial charge in [0.15, 0.2) is 0 Å². The van der Waals surface area contributed by atoms with E-state index in [2.05, 4.69) is 13.8 Å². The molecule has 0 aromatic carbocycles. The van der Waals surface area contributed by atoms with Gasteiger partial charge in [-0.25, -0.2) is 0 Å². The molecule has 0 saturated heterocycles. The summed E-state index contributed by atoms with van der Waals surface area (Å²) in [5.41, 5.74) is 0. The molecule has 0 fully saturated rings. The van der Waals surface area contributed by atoms with Crippen molar-refractivity contribution in [3.8, 4) is 0 Å². The van der Waals surface area contributed by atoms with Gasteiger partial charge in [0.2, 0.25) is 7.23 Å². The molecule has 0 saturated carbocycles. The summed E-state index contributed by atoms with van der Waals surface area (Å²) in [6.07, 6.45) is 5.74. The van der Waals surface area contributed by atoms with Crippen LogP contribution in [0.4, 0.5) is 0 Å². The first-order chi connectivity index (χ1) is 5.70. The second-order valence-corrected chi connectivity index (χ2v) is 6.10. The van der Waals surface area contributed by atoms with E-state index in [0.29, 0.717) is 5.25 Å². The van der Waals surface area contributed by atoms with E-state index < -0.39 is 7.23 Å². The zero-order valence-electron chi connectivity index (χ0n) is 7.88. The zero-order valence-corrected chi connectivity index (χ0v) is 9.69. The van der Waals surface area contributed by atoms with Crippen LogP contribution in [0.25, 0.3) is 0 Å². The van der Waals surface area contributed by atoms with Gasteiger partial charge in [0.05, 0.1) is 0 Å². The predicted molar refractivity (Wildman–Crippen MR) is 57.0 cm³/mol. The van der Waals surface area contributed by atoms with Crippen LogP contribution in [-0.4, -0.2) is 10.1 Å². The molecule has 2 nitrogen and oxygen atoms in total. The summed E-state index contributed by atoms with van der Waals surface area (Å²) in [6.45, 7) is 4.25. The Bertz CT molecular complexity index is 130. The van der Waals surface area contributed by atoms with E-state index in [-0.39, 0.29) is 0 Å². The minimum Gasteiger partial charge on any atom is -0.339 e. The Morgan fingerprint density at radius 1 is 1.42 bits per heavy atom. The second-order valence-electron chi connectivity index (χ2n) is 2.91. The topological polar surface area (TPSA) is 37.3 Å². The second kappa shape index (κ2) is 8.15. The van der Waals surface area contributed by atoms with Crippen LogP contribution >= 0.6 is 18.6 Å². The van der Waals surface area contributed by atoms with Gasteiger partial charge in [0.25, 0.3) is 0 Å². The maximum absolute atomic E-state index is 10.5. The summed E-state index contributed by atoms with van der Waals surface area (Å²) in [6, 6.07) is 0. The smallest absolute Gasteiger partial charge is 0.244 e. The van der Waals surface area contributed by atoms with Crippen LogP contribution < -0.4 is 0 Å². The Kier molecular flexibility index (Phi) is 8.52. The summed E-state index contributed by atoms with van der Waals surface area (Å²) < 4.78 is 10.5. The molecule has 12 heavy (non-hydrogen) atoms. The standard InChI is InChI=1S/C8H19O2PS/c1-3-5-6-7-8(4-2)12-11(9)10/h8,11H,3-7H2,1-2H3,(H,9,10). The predicted octanol–water partition coefficient (Wildman–Crippen LogP) is 3.46. The van der Waals surface area contributed by atoms with E-state index in [1.165, 1.54) is 30.6 Å². The van der Waals surface area contributed by atoms with Crippen molar-refractivity contribution in [1.29, 1.82) is 0 Å². The van der Waals surface area contributed by atoms with Crippen molar-refractivity contribution in [3.63, 3.8) is 0 Å². The molecule has 4 heteroatoms. The molecule has 0 heterocycles. The molecule has 0 aromatic heterocycles. The lowest BCUT2D eigenvalue weighted by Gasteiger charge is -2.11. The van der Waals surface area contributed by atoms with Gasteiger partial charge < -0.3 is 4.89 Å². The Labute approximate surface area is 79.8 Å². The van der Waals surface area contributed by atoms with Crippen molar-refractivity contribution in [2.45, 2.75) is 51.2 Å². The first-order valence-corrected chi connectivity index (χ1v) is 7.56. The molecule has 74 valence electrons. The van der Waals surface area contributed by atoms with Crippen LogP contribution in [-0.2, 0) is 4.57 Å². The van der Waals surface area contributed by atoms with Crippen LogP contribution in [0.2, 0.25) is 0 Å². The fourth-order valence-electron chi connectivity index (χ4n) is 1.11. The average Bonchev–Trinajstić information content (AvgIpc) is 2.02. The van der Waals surface area contributed by atoms with Gasteiger partial charge in [-0.1, -0.05) is 44.5 Å². The van der Waals surface area contributed by atoms with Crippen molar-refractivity contribution in [2.75, 3.05) is 0 Å². The van der Waals surface area contributed by atoms with Gasteiger partial charge in [-0.05, 0) is 12.8 Å². The van der Waals surface area contributed by atoms with Gasteiger partial charge in [-0.3, -0.25) is 4.57 Å². The molecule has 1 N–H and O–H groups in total. The fraction of sp³-hybridized carbons (Fsp3) is 1.00. The fourth-order valence-corrected chi connectivity index (χ4v) is 3.56. The lowest BCUT2D eigenvalue weighted by atomic mass is 10.1. The molecule has 0 rings (SSSR count). The third-order valence-corrected chi connectivity index (χ3v) is 4.56. The van der Waals surface area contributed by atoms with Gasteiger partial charge >= 0.3 is 0 Å². The van der Waals surface area contributed by atoms with Gasteiger partial charge in [-0.15, -0.1) is 0 Å². The number of hydrogen-bond acceptors (Lipinski definition) is 2. The summed E-state index contributed by atoms with van der Waals surface area (Å²) in [5, 5.41) is 0.396. The maximum Gasteiger partial charge on any atom is 0.244 e. The summed E-state index contributed by atoms with van der Waals surface area (Å²) in [4.78, 5) is 8.72. The van der Waals surface area contributed by atoms with Crippen LogP contribution in [0.3, 0.4) is 0 Å². The van der Waals surface area contributed by atoms with Crippen molar-refractivity contribution in [1.82, 2.24) is 0 Å². The highest BCUT2D eigenvalue weighted by Gasteiger charge is 2.08. The van der Waals surface area contributed by atoms with E-state index in [0.717, 1.165) is 12.8 Å². The number of unbranched alkanes of at least 4 members (excludes halogenated alkanes) is 2. The Hall–Kier alpha value is 0.540. The van der Waals surface area contributed by atoms with Crippen molar-refractivity contribution in [2.24, 2.45) is 0 Å². The quantitative estimate of drug-likeness (QED) is 0.516. The van der Waals surface area contributed by atoms with Gasteiger partial charge in [0, 0.05) is 5.25 Å². The van der Waals surface area contributed by atoms with Crippen LogP contribution in [0.1, 0.15) is 46.0 Å². The van der Waals surface area contributed by atoms with Crippen LogP contribution in [0.5, 0.6) is 0 Å².